The highest BCUT2D eigenvalue weighted by Crippen LogP contribution is 2.53. The Kier molecular flexibility index (Phi) is 6.98. The molecule has 1 fully saturated rings. The Morgan fingerprint density at radius 3 is 2.29 bits per heavy atom. The van der Waals surface area contributed by atoms with E-state index in [0.29, 0.717) is 17.7 Å². The van der Waals surface area contributed by atoms with E-state index in [1.165, 1.54) is 45.6 Å². The lowest BCUT2D eigenvalue weighted by Gasteiger charge is -2.08. The number of sulfonamides is 1. The summed E-state index contributed by atoms with van der Waals surface area (Å²) in [6.07, 6.45) is 2.02. The Hall–Kier alpha value is -2.65. The fourth-order valence-electron chi connectivity index (χ4n) is 2.45. The van der Waals surface area contributed by atoms with Crippen molar-refractivity contribution in [2.45, 2.75) is 17.7 Å². The molecule has 1 aromatic rings. The molecule has 1 saturated carbocycles. The van der Waals surface area contributed by atoms with Crippen LogP contribution in [0.4, 0.5) is 0 Å². The van der Waals surface area contributed by atoms with E-state index in [1.807, 2.05) is 4.89 Å². The largest absolute Gasteiger partial charge is 0.497 e. The summed E-state index contributed by atoms with van der Waals surface area (Å²) in [6, 6.07) is 5.82. The Morgan fingerprint density at radius 1 is 1.14 bits per heavy atom. The summed E-state index contributed by atoms with van der Waals surface area (Å²) in [6.45, 7) is 0.0269. The quantitative estimate of drug-likeness (QED) is 0.211. The van der Waals surface area contributed by atoms with Crippen LogP contribution < -0.4 is 9.62 Å². The predicted molar refractivity (Wildman–Crippen MR) is 96.6 cm³/mol. The number of carbonyl (C=O) groups excluding carboxylic acids is 2. The summed E-state index contributed by atoms with van der Waals surface area (Å²) in [4.78, 5) is 30.7. The highest BCUT2D eigenvalue weighted by molar-refractivity contribution is 7.89. The molecule has 0 heterocycles. The molecule has 9 nitrogen and oxygen atoms in total. The van der Waals surface area contributed by atoms with E-state index in [2.05, 4.69) is 15.2 Å². The molecular formula is C18H21NO8S. The number of nitrogens with one attached hydrogen (secondary N) is 1. The van der Waals surface area contributed by atoms with Gasteiger partial charge >= 0.3 is 11.9 Å². The third kappa shape index (κ3) is 4.60. The zero-order valence-corrected chi connectivity index (χ0v) is 16.5. The third-order valence-electron chi connectivity index (χ3n) is 4.08. The standard InChI is InChI=1S/C18H21NO8S/c1-24-14-7-9-15(10-8-14)28(22,23)19-27-11-5-4-6-13-12-18(13,16(20)25-2)17(21)26-3/h4,7-10,19H,5,11-12H2,1-3H3. The van der Waals surface area contributed by atoms with Crippen molar-refractivity contribution in [3.8, 4) is 5.75 Å². The first-order valence-electron chi connectivity index (χ1n) is 8.21. The monoisotopic (exact) mass is 411 g/mol. The fourth-order valence-corrected chi connectivity index (χ4v) is 3.28. The number of esters is 2. The van der Waals surface area contributed by atoms with Crippen molar-refractivity contribution in [1.82, 2.24) is 4.89 Å². The molecule has 0 spiro atoms. The van der Waals surface area contributed by atoms with Crippen LogP contribution >= 0.6 is 0 Å². The van der Waals surface area contributed by atoms with Crippen LogP contribution in [0.1, 0.15) is 12.8 Å². The molecule has 0 aromatic heterocycles. The van der Waals surface area contributed by atoms with E-state index in [9.17, 15) is 18.0 Å². The van der Waals surface area contributed by atoms with Gasteiger partial charge in [0.15, 0.2) is 5.41 Å². The van der Waals surface area contributed by atoms with Gasteiger partial charge in [0.25, 0.3) is 10.0 Å². The van der Waals surface area contributed by atoms with Crippen LogP contribution in [0, 0.1) is 5.41 Å². The van der Waals surface area contributed by atoms with E-state index >= 15 is 0 Å². The molecule has 0 saturated heterocycles. The van der Waals surface area contributed by atoms with Gasteiger partial charge in [0, 0.05) is 12.0 Å². The number of benzene rings is 1. The maximum atomic E-state index is 12.1. The van der Waals surface area contributed by atoms with Gasteiger partial charge in [-0.1, -0.05) is 4.89 Å². The molecule has 0 amide bonds. The molecule has 1 aliphatic rings. The first-order chi connectivity index (χ1) is 13.3. The third-order valence-corrected chi connectivity index (χ3v) is 5.31. The molecule has 0 bridgehead atoms. The van der Waals surface area contributed by atoms with Crippen molar-refractivity contribution in [2.75, 3.05) is 27.9 Å². The molecule has 1 N–H and O–H groups in total. The van der Waals surface area contributed by atoms with Crippen molar-refractivity contribution in [2.24, 2.45) is 5.41 Å². The van der Waals surface area contributed by atoms with E-state index in [1.54, 1.807) is 6.08 Å². The fraction of sp³-hybridized carbons (Fsp3) is 0.389. The zero-order chi connectivity index (χ0) is 20.8. The number of methoxy groups -OCH3 is 3. The highest BCUT2D eigenvalue weighted by atomic mass is 32.2. The Bertz CT molecular complexity index is 882. The second-order valence-corrected chi connectivity index (χ2v) is 7.44. The average Bonchev–Trinajstić information content (AvgIpc) is 3.44. The van der Waals surface area contributed by atoms with Crippen molar-refractivity contribution in [1.29, 1.82) is 0 Å². The Morgan fingerprint density at radius 2 is 1.75 bits per heavy atom. The number of rotatable bonds is 9. The second-order valence-electron chi connectivity index (χ2n) is 5.79. The van der Waals surface area contributed by atoms with Crippen molar-refractivity contribution < 1.29 is 37.1 Å². The number of hydrogen-bond acceptors (Lipinski definition) is 8. The maximum Gasteiger partial charge on any atom is 0.328 e. The van der Waals surface area contributed by atoms with E-state index in [4.69, 9.17) is 9.57 Å². The van der Waals surface area contributed by atoms with Crippen LogP contribution in [0.15, 0.2) is 46.5 Å². The van der Waals surface area contributed by atoms with Crippen LogP contribution in [0.5, 0.6) is 5.75 Å². The van der Waals surface area contributed by atoms with Crippen molar-refractivity contribution in [3.63, 3.8) is 0 Å². The van der Waals surface area contributed by atoms with Gasteiger partial charge < -0.3 is 14.2 Å². The van der Waals surface area contributed by atoms with Gasteiger partial charge in [0.1, 0.15) is 5.75 Å². The summed E-state index contributed by atoms with van der Waals surface area (Å²) in [5, 5.41) is 0. The van der Waals surface area contributed by atoms with Crippen molar-refractivity contribution >= 4 is 22.0 Å². The van der Waals surface area contributed by atoms with Crippen LogP contribution in [-0.2, 0) is 33.9 Å². The molecule has 0 atom stereocenters. The van der Waals surface area contributed by atoms with Crippen LogP contribution in [0.2, 0.25) is 0 Å². The molecule has 0 radical (unpaired) electrons. The highest BCUT2D eigenvalue weighted by Gasteiger charge is 2.64. The summed E-state index contributed by atoms with van der Waals surface area (Å²) >= 11 is 0. The molecule has 0 unspecified atom stereocenters. The van der Waals surface area contributed by atoms with Gasteiger partial charge in [-0.2, -0.15) is 0 Å². The minimum Gasteiger partial charge on any atom is -0.497 e. The van der Waals surface area contributed by atoms with Gasteiger partial charge in [0.05, 0.1) is 32.8 Å². The Labute approximate surface area is 162 Å². The van der Waals surface area contributed by atoms with Gasteiger partial charge in [0.2, 0.25) is 0 Å². The first kappa shape index (κ1) is 21.6. The molecule has 0 aliphatic heterocycles. The summed E-state index contributed by atoms with van der Waals surface area (Å²) < 4.78 is 38.4. The Balaban J connectivity index is 1.88. The number of ether oxygens (including phenoxy) is 3. The van der Waals surface area contributed by atoms with E-state index < -0.39 is 27.4 Å². The van der Waals surface area contributed by atoms with Crippen LogP contribution in [0.25, 0.3) is 0 Å². The van der Waals surface area contributed by atoms with Gasteiger partial charge in [-0.05, 0) is 36.8 Å². The van der Waals surface area contributed by atoms with Crippen molar-refractivity contribution in [3.05, 3.63) is 41.6 Å². The average molecular weight is 411 g/mol. The minimum absolute atomic E-state index is 0.0269. The lowest BCUT2D eigenvalue weighted by atomic mass is 10.1. The number of hydrogen-bond donors (Lipinski definition) is 1. The van der Waals surface area contributed by atoms with Gasteiger partial charge in [-0.3, -0.25) is 14.4 Å². The lowest BCUT2D eigenvalue weighted by molar-refractivity contribution is -0.160. The normalized spacial score (nSPS) is 14.6. The van der Waals surface area contributed by atoms with Crippen LogP contribution in [0.3, 0.4) is 0 Å². The molecule has 1 aromatic carbocycles. The molecule has 10 heteroatoms. The topological polar surface area (TPSA) is 117 Å². The molecule has 2 rings (SSSR count). The second kappa shape index (κ2) is 9.03. The van der Waals surface area contributed by atoms with Gasteiger partial charge in [-0.15, -0.1) is 5.73 Å². The minimum atomic E-state index is -3.81. The molecule has 1 aliphatic carbocycles. The predicted octanol–water partition coefficient (Wildman–Crippen LogP) is 1.11. The zero-order valence-electron chi connectivity index (χ0n) is 15.7. The molecule has 152 valence electrons. The van der Waals surface area contributed by atoms with E-state index in [-0.39, 0.29) is 17.9 Å². The number of carbonyl (C=O) groups is 2. The SMILES string of the molecule is COC(=O)C1(C(=O)OC)CC1=C=CCCONS(=O)(=O)c1ccc(OC)cc1. The first-order valence-corrected chi connectivity index (χ1v) is 9.69. The summed E-state index contributed by atoms with van der Waals surface area (Å²) in [5.74, 6) is -0.856. The lowest BCUT2D eigenvalue weighted by Crippen LogP contribution is -2.28. The van der Waals surface area contributed by atoms with Crippen LogP contribution in [-0.4, -0.2) is 48.3 Å². The van der Waals surface area contributed by atoms with Gasteiger partial charge in [-0.25, -0.2) is 8.42 Å². The summed E-state index contributed by atoms with van der Waals surface area (Å²) in [5.41, 5.74) is 1.87. The smallest absolute Gasteiger partial charge is 0.328 e. The van der Waals surface area contributed by atoms with E-state index in [0.717, 1.165) is 0 Å². The maximum absolute atomic E-state index is 12.1. The summed E-state index contributed by atoms with van der Waals surface area (Å²) in [7, 11) is 0.0478. The molecule has 28 heavy (non-hydrogen) atoms. The molecular weight excluding hydrogens is 390 g/mol.